The number of carbonyl (C=O) groups excluding carboxylic acids is 1. The summed E-state index contributed by atoms with van der Waals surface area (Å²) in [6.07, 6.45) is 2.04. The largest absolute Gasteiger partial charge is 0.497 e. The number of methoxy groups -OCH3 is 1. The SMILES string of the molecule is COc1ccc(SCC(=O)N2CCCC(N)C2)cc1.Cl. The number of thioether (sulfide) groups is 1. The lowest BCUT2D eigenvalue weighted by atomic mass is 10.1. The molecular weight excluding hydrogens is 296 g/mol. The van der Waals surface area contributed by atoms with Crippen LogP contribution in [0.5, 0.6) is 5.75 Å². The van der Waals surface area contributed by atoms with Crippen molar-refractivity contribution in [2.45, 2.75) is 23.8 Å². The highest BCUT2D eigenvalue weighted by molar-refractivity contribution is 8.00. The average molecular weight is 317 g/mol. The van der Waals surface area contributed by atoms with E-state index in [-0.39, 0.29) is 24.4 Å². The first kappa shape index (κ1) is 17.1. The van der Waals surface area contributed by atoms with E-state index in [1.165, 1.54) is 0 Å². The molecule has 1 aromatic rings. The summed E-state index contributed by atoms with van der Waals surface area (Å²) in [6.45, 7) is 1.54. The molecule has 0 aliphatic carbocycles. The Morgan fingerprint density at radius 1 is 1.45 bits per heavy atom. The molecule has 1 saturated heterocycles. The summed E-state index contributed by atoms with van der Waals surface area (Å²) in [5, 5.41) is 0. The molecule has 1 amide bonds. The van der Waals surface area contributed by atoms with Crippen LogP contribution in [-0.4, -0.2) is 42.8 Å². The molecule has 1 heterocycles. The van der Waals surface area contributed by atoms with Gasteiger partial charge in [0.2, 0.25) is 5.91 Å². The maximum atomic E-state index is 12.1. The number of likely N-dealkylation sites (tertiary alicyclic amines) is 1. The van der Waals surface area contributed by atoms with Crippen LogP contribution in [0, 0.1) is 0 Å². The van der Waals surface area contributed by atoms with Crippen molar-refractivity contribution in [3.8, 4) is 5.75 Å². The average Bonchev–Trinajstić information content (AvgIpc) is 2.45. The number of nitrogens with two attached hydrogens (primary N) is 1. The molecule has 2 N–H and O–H groups in total. The van der Waals surface area contributed by atoms with Gasteiger partial charge in [-0.05, 0) is 37.1 Å². The molecule has 1 aromatic carbocycles. The Hall–Kier alpha value is -0.910. The standard InChI is InChI=1S/C14H20N2O2S.ClH/c1-18-12-4-6-13(7-5-12)19-10-14(17)16-8-2-3-11(15)9-16;/h4-7,11H,2-3,8-10,15H2,1H3;1H. The van der Waals surface area contributed by atoms with E-state index in [4.69, 9.17) is 10.5 Å². The van der Waals surface area contributed by atoms with E-state index in [0.717, 1.165) is 30.0 Å². The summed E-state index contributed by atoms with van der Waals surface area (Å²) in [6, 6.07) is 7.90. The number of hydrogen-bond donors (Lipinski definition) is 1. The number of piperidine rings is 1. The second-order valence-electron chi connectivity index (χ2n) is 4.71. The van der Waals surface area contributed by atoms with Gasteiger partial charge >= 0.3 is 0 Å². The van der Waals surface area contributed by atoms with E-state index in [2.05, 4.69) is 0 Å². The normalized spacial score (nSPS) is 18.3. The topological polar surface area (TPSA) is 55.6 Å². The van der Waals surface area contributed by atoms with Crippen molar-refractivity contribution in [2.24, 2.45) is 5.73 Å². The van der Waals surface area contributed by atoms with Gasteiger partial charge in [0.15, 0.2) is 0 Å². The summed E-state index contributed by atoms with van der Waals surface area (Å²) < 4.78 is 5.10. The van der Waals surface area contributed by atoms with E-state index in [1.807, 2.05) is 29.2 Å². The number of amides is 1. The predicted molar refractivity (Wildman–Crippen MR) is 84.8 cm³/mol. The third kappa shape index (κ3) is 4.89. The van der Waals surface area contributed by atoms with Crippen LogP contribution >= 0.6 is 24.2 Å². The lowest BCUT2D eigenvalue weighted by Crippen LogP contribution is -2.46. The molecule has 0 bridgehead atoms. The number of rotatable bonds is 4. The van der Waals surface area contributed by atoms with Crippen LogP contribution in [0.3, 0.4) is 0 Å². The summed E-state index contributed by atoms with van der Waals surface area (Å²) in [4.78, 5) is 15.0. The Morgan fingerprint density at radius 3 is 2.75 bits per heavy atom. The van der Waals surface area contributed by atoms with Crippen molar-refractivity contribution in [1.82, 2.24) is 4.90 Å². The molecule has 1 fully saturated rings. The lowest BCUT2D eigenvalue weighted by Gasteiger charge is -2.30. The zero-order chi connectivity index (χ0) is 13.7. The van der Waals surface area contributed by atoms with Gasteiger partial charge in [0.05, 0.1) is 12.9 Å². The minimum absolute atomic E-state index is 0. The fraction of sp³-hybridized carbons (Fsp3) is 0.500. The fourth-order valence-electron chi connectivity index (χ4n) is 2.14. The van der Waals surface area contributed by atoms with Crippen LogP contribution < -0.4 is 10.5 Å². The van der Waals surface area contributed by atoms with Crippen LogP contribution in [0.15, 0.2) is 29.2 Å². The van der Waals surface area contributed by atoms with E-state index in [0.29, 0.717) is 12.3 Å². The van der Waals surface area contributed by atoms with Gasteiger partial charge in [-0.3, -0.25) is 4.79 Å². The second-order valence-corrected chi connectivity index (χ2v) is 5.76. The first-order chi connectivity index (χ1) is 9.19. The maximum Gasteiger partial charge on any atom is 0.232 e. The highest BCUT2D eigenvalue weighted by Gasteiger charge is 2.20. The molecule has 4 nitrogen and oxygen atoms in total. The van der Waals surface area contributed by atoms with E-state index in [1.54, 1.807) is 18.9 Å². The van der Waals surface area contributed by atoms with E-state index < -0.39 is 0 Å². The molecule has 1 atom stereocenters. The molecule has 1 aliphatic rings. The molecule has 20 heavy (non-hydrogen) atoms. The van der Waals surface area contributed by atoms with Crippen LogP contribution in [0.1, 0.15) is 12.8 Å². The van der Waals surface area contributed by atoms with Crippen molar-refractivity contribution in [3.05, 3.63) is 24.3 Å². The molecule has 1 unspecified atom stereocenters. The second kappa shape index (κ2) is 8.39. The first-order valence-electron chi connectivity index (χ1n) is 6.49. The number of nitrogens with zero attached hydrogens (tertiary/aromatic N) is 1. The van der Waals surface area contributed by atoms with Crippen LogP contribution in [0.4, 0.5) is 0 Å². The molecule has 0 saturated carbocycles. The Morgan fingerprint density at radius 2 is 2.15 bits per heavy atom. The summed E-state index contributed by atoms with van der Waals surface area (Å²) in [5.74, 6) is 1.48. The number of ether oxygens (including phenoxy) is 1. The number of benzene rings is 1. The molecule has 0 aromatic heterocycles. The van der Waals surface area contributed by atoms with Gasteiger partial charge in [-0.25, -0.2) is 0 Å². The highest BCUT2D eigenvalue weighted by atomic mass is 35.5. The number of hydrogen-bond acceptors (Lipinski definition) is 4. The lowest BCUT2D eigenvalue weighted by molar-refractivity contribution is -0.129. The minimum Gasteiger partial charge on any atom is -0.497 e. The number of halogens is 1. The van der Waals surface area contributed by atoms with Gasteiger partial charge in [-0.2, -0.15) is 0 Å². The van der Waals surface area contributed by atoms with Crippen molar-refractivity contribution < 1.29 is 9.53 Å². The van der Waals surface area contributed by atoms with Crippen LogP contribution in [-0.2, 0) is 4.79 Å². The van der Waals surface area contributed by atoms with Crippen molar-refractivity contribution in [2.75, 3.05) is 26.0 Å². The number of carbonyl (C=O) groups is 1. The van der Waals surface area contributed by atoms with Gasteiger partial charge in [0.25, 0.3) is 0 Å². The molecule has 112 valence electrons. The zero-order valence-electron chi connectivity index (χ0n) is 11.6. The van der Waals surface area contributed by atoms with Gasteiger partial charge in [-0.15, -0.1) is 24.2 Å². The monoisotopic (exact) mass is 316 g/mol. The third-order valence-electron chi connectivity index (χ3n) is 3.23. The van der Waals surface area contributed by atoms with Gasteiger partial charge in [0, 0.05) is 24.0 Å². The van der Waals surface area contributed by atoms with Crippen molar-refractivity contribution in [1.29, 1.82) is 0 Å². The van der Waals surface area contributed by atoms with E-state index >= 15 is 0 Å². The Bertz CT molecular complexity index is 428. The fourth-order valence-corrected chi connectivity index (χ4v) is 2.95. The summed E-state index contributed by atoms with van der Waals surface area (Å²) >= 11 is 1.56. The van der Waals surface area contributed by atoms with Crippen LogP contribution in [0.25, 0.3) is 0 Å². The van der Waals surface area contributed by atoms with Gasteiger partial charge in [0.1, 0.15) is 5.75 Å². The smallest absolute Gasteiger partial charge is 0.232 e. The molecular formula is C14H21ClN2O2S. The summed E-state index contributed by atoms with van der Waals surface area (Å²) in [5.41, 5.74) is 5.89. The van der Waals surface area contributed by atoms with Crippen molar-refractivity contribution in [3.63, 3.8) is 0 Å². The Labute approximate surface area is 130 Å². The van der Waals surface area contributed by atoms with Gasteiger partial charge < -0.3 is 15.4 Å². The Balaban J connectivity index is 0.00000200. The quantitative estimate of drug-likeness (QED) is 0.865. The zero-order valence-corrected chi connectivity index (χ0v) is 13.2. The summed E-state index contributed by atoms with van der Waals surface area (Å²) in [7, 11) is 1.64. The molecule has 0 spiro atoms. The van der Waals surface area contributed by atoms with Gasteiger partial charge in [-0.1, -0.05) is 0 Å². The van der Waals surface area contributed by atoms with E-state index in [9.17, 15) is 4.79 Å². The van der Waals surface area contributed by atoms with Crippen molar-refractivity contribution >= 4 is 30.1 Å². The van der Waals surface area contributed by atoms with Crippen LogP contribution in [0.2, 0.25) is 0 Å². The first-order valence-corrected chi connectivity index (χ1v) is 7.48. The minimum atomic E-state index is 0. The third-order valence-corrected chi connectivity index (χ3v) is 4.23. The maximum absolute atomic E-state index is 12.1. The predicted octanol–water partition coefficient (Wildman–Crippen LogP) is 2.16. The molecule has 1 aliphatic heterocycles. The molecule has 2 rings (SSSR count). The Kier molecular flexibility index (Phi) is 7.19. The highest BCUT2D eigenvalue weighted by Crippen LogP contribution is 2.22. The molecule has 0 radical (unpaired) electrons. The molecule has 6 heteroatoms.